The summed E-state index contributed by atoms with van der Waals surface area (Å²) in [5.74, 6) is -1.96. The molecule has 2 nitrogen and oxygen atoms in total. The average Bonchev–Trinajstić information content (AvgIpc) is 2.43. The van der Waals surface area contributed by atoms with Gasteiger partial charge in [-0.15, -0.1) is 0 Å². The number of hydrogen-bond donors (Lipinski definition) is 1. The van der Waals surface area contributed by atoms with Crippen LogP contribution in [0.5, 0.6) is 0 Å². The third-order valence-electron chi connectivity index (χ3n) is 3.13. The van der Waals surface area contributed by atoms with Crippen molar-refractivity contribution in [2.24, 2.45) is 0 Å². The van der Waals surface area contributed by atoms with Crippen LogP contribution in [0, 0.1) is 24.4 Å². The highest BCUT2D eigenvalue weighted by Gasteiger charge is 2.24. The van der Waals surface area contributed by atoms with Crippen LogP contribution >= 0.6 is 0 Å². The van der Waals surface area contributed by atoms with Gasteiger partial charge in [0.15, 0.2) is 0 Å². The van der Waals surface area contributed by atoms with Crippen molar-refractivity contribution in [2.75, 3.05) is 6.54 Å². The van der Waals surface area contributed by atoms with E-state index in [1.54, 1.807) is 13.8 Å². The highest BCUT2D eigenvalue weighted by molar-refractivity contribution is 5.36. The van der Waals surface area contributed by atoms with Gasteiger partial charge in [-0.3, -0.25) is 4.98 Å². The normalized spacial score (nSPS) is 12.4. The molecule has 0 saturated heterocycles. The fraction of sp³-hybridized carbons (Fsp3) is 0.267. The lowest BCUT2D eigenvalue weighted by Gasteiger charge is -2.21. The number of aryl methyl sites for hydroxylation is 1. The van der Waals surface area contributed by atoms with Gasteiger partial charge in [0.1, 0.15) is 17.5 Å². The zero-order valence-electron chi connectivity index (χ0n) is 11.3. The largest absolute Gasteiger partial charge is 0.306 e. The predicted molar refractivity (Wildman–Crippen MR) is 70.8 cm³/mol. The Labute approximate surface area is 115 Å². The summed E-state index contributed by atoms with van der Waals surface area (Å²) in [6.45, 7) is 3.78. The first-order valence-corrected chi connectivity index (χ1v) is 6.33. The molecule has 0 fully saturated rings. The Kier molecular flexibility index (Phi) is 4.39. The number of pyridine rings is 1. The number of benzene rings is 1. The predicted octanol–water partition coefficient (Wildman–Crippen LogP) is 3.51. The quantitative estimate of drug-likeness (QED) is 0.927. The molecule has 0 saturated carbocycles. The number of nitrogens with one attached hydrogen (secondary N) is 1. The molecule has 0 aliphatic rings. The number of halogens is 3. The SMILES string of the molecule is CCNC(c1ccncc1F)c1c(F)ccc(C)c1F. The van der Waals surface area contributed by atoms with Gasteiger partial charge in [-0.25, -0.2) is 13.2 Å². The van der Waals surface area contributed by atoms with Gasteiger partial charge >= 0.3 is 0 Å². The fourth-order valence-electron chi connectivity index (χ4n) is 2.13. The maximum Gasteiger partial charge on any atom is 0.146 e. The third-order valence-corrected chi connectivity index (χ3v) is 3.13. The van der Waals surface area contributed by atoms with Crippen LogP contribution in [-0.4, -0.2) is 11.5 Å². The Hall–Kier alpha value is -1.88. The minimum absolute atomic E-state index is 0.169. The molecule has 0 bridgehead atoms. The molecule has 0 radical (unpaired) electrons. The van der Waals surface area contributed by atoms with Crippen molar-refractivity contribution >= 4 is 0 Å². The summed E-state index contributed by atoms with van der Waals surface area (Å²) in [7, 11) is 0. The summed E-state index contributed by atoms with van der Waals surface area (Å²) in [4.78, 5) is 3.65. The average molecular weight is 280 g/mol. The molecule has 1 aromatic carbocycles. The van der Waals surface area contributed by atoms with Gasteiger partial charge < -0.3 is 5.32 Å². The van der Waals surface area contributed by atoms with Gasteiger partial charge in [-0.2, -0.15) is 0 Å². The second kappa shape index (κ2) is 6.05. The molecule has 2 aromatic rings. The van der Waals surface area contributed by atoms with E-state index in [4.69, 9.17) is 0 Å². The standard InChI is InChI=1S/C15H15F3N2/c1-3-20-15(10-6-7-19-8-12(10)17)13-11(16)5-4-9(2)14(13)18/h4-8,15,20H,3H2,1-2H3. The van der Waals surface area contributed by atoms with E-state index in [0.29, 0.717) is 12.1 Å². The van der Waals surface area contributed by atoms with Gasteiger partial charge in [-0.05, 0) is 31.2 Å². The summed E-state index contributed by atoms with van der Waals surface area (Å²) < 4.78 is 42.1. The minimum Gasteiger partial charge on any atom is -0.306 e. The van der Waals surface area contributed by atoms with Crippen molar-refractivity contribution in [1.29, 1.82) is 0 Å². The molecule has 0 spiro atoms. The first kappa shape index (κ1) is 14.5. The van der Waals surface area contributed by atoms with E-state index >= 15 is 0 Å². The molecule has 106 valence electrons. The lowest BCUT2D eigenvalue weighted by atomic mass is 9.96. The van der Waals surface area contributed by atoms with Gasteiger partial charge in [0.05, 0.1) is 12.2 Å². The minimum atomic E-state index is -0.886. The van der Waals surface area contributed by atoms with Crippen LogP contribution in [0.2, 0.25) is 0 Å². The third kappa shape index (κ3) is 2.67. The molecule has 0 aliphatic carbocycles. The lowest BCUT2D eigenvalue weighted by Crippen LogP contribution is -2.25. The summed E-state index contributed by atoms with van der Waals surface area (Å²) >= 11 is 0. The van der Waals surface area contributed by atoms with Crippen molar-refractivity contribution < 1.29 is 13.2 Å². The number of nitrogens with zero attached hydrogens (tertiary/aromatic N) is 1. The van der Waals surface area contributed by atoms with E-state index in [-0.39, 0.29) is 11.1 Å². The number of rotatable bonds is 4. The van der Waals surface area contributed by atoms with Crippen LogP contribution < -0.4 is 5.32 Å². The van der Waals surface area contributed by atoms with E-state index in [2.05, 4.69) is 10.3 Å². The molecular formula is C15H15F3N2. The molecule has 20 heavy (non-hydrogen) atoms. The lowest BCUT2D eigenvalue weighted by molar-refractivity contribution is 0.491. The van der Waals surface area contributed by atoms with Gasteiger partial charge in [0.2, 0.25) is 0 Å². The van der Waals surface area contributed by atoms with Gasteiger partial charge in [0, 0.05) is 17.3 Å². The monoisotopic (exact) mass is 280 g/mol. The highest BCUT2D eigenvalue weighted by atomic mass is 19.1. The maximum absolute atomic E-state index is 14.2. The summed E-state index contributed by atoms with van der Waals surface area (Å²) in [5.41, 5.74) is 0.320. The van der Waals surface area contributed by atoms with Crippen molar-refractivity contribution in [1.82, 2.24) is 10.3 Å². The molecule has 5 heteroatoms. The smallest absolute Gasteiger partial charge is 0.146 e. The first-order chi connectivity index (χ1) is 9.56. The Balaban J connectivity index is 2.61. The second-order valence-electron chi connectivity index (χ2n) is 4.48. The molecule has 1 atom stereocenters. The molecule has 1 heterocycles. The van der Waals surface area contributed by atoms with Crippen LogP contribution in [0.4, 0.5) is 13.2 Å². The summed E-state index contributed by atoms with van der Waals surface area (Å²) in [6, 6.07) is 3.09. The van der Waals surface area contributed by atoms with E-state index in [9.17, 15) is 13.2 Å². The zero-order valence-corrected chi connectivity index (χ0v) is 11.3. The van der Waals surface area contributed by atoms with Crippen LogP contribution in [0.15, 0.2) is 30.6 Å². The molecular weight excluding hydrogens is 265 g/mol. The Morgan fingerprint density at radius 2 is 1.90 bits per heavy atom. The summed E-state index contributed by atoms with van der Waals surface area (Å²) in [6.07, 6.45) is 2.43. The topological polar surface area (TPSA) is 24.9 Å². The molecule has 1 unspecified atom stereocenters. The van der Waals surface area contributed by atoms with E-state index < -0.39 is 23.5 Å². The Bertz CT molecular complexity index is 614. The van der Waals surface area contributed by atoms with Crippen molar-refractivity contribution in [3.05, 3.63) is 64.7 Å². The Morgan fingerprint density at radius 1 is 1.15 bits per heavy atom. The van der Waals surface area contributed by atoms with Crippen LogP contribution in [-0.2, 0) is 0 Å². The highest BCUT2D eigenvalue weighted by Crippen LogP contribution is 2.29. The molecule has 1 aromatic heterocycles. The molecule has 1 N–H and O–H groups in total. The van der Waals surface area contributed by atoms with Crippen LogP contribution in [0.25, 0.3) is 0 Å². The Morgan fingerprint density at radius 3 is 2.55 bits per heavy atom. The number of aromatic nitrogens is 1. The van der Waals surface area contributed by atoms with Crippen molar-refractivity contribution in [2.45, 2.75) is 19.9 Å². The molecule has 2 rings (SSSR count). The van der Waals surface area contributed by atoms with Crippen molar-refractivity contribution in [3.8, 4) is 0 Å². The van der Waals surface area contributed by atoms with Gasteiger partial charge in [-0.1, -0.05) is 13.0 Å². The van der Waals surface area contributed by atoms with Crippen molar-refractivity contribution in [3.63, 3.8) is 0 Å². The number of hydrogen-bond acceptors (Lipinski definition) is 2. The fourth-order valence-corrected chi connectivity index (χ4v) is 2.13. The summed E-state index contributed by atoms with van der Waals surface area (Å²) in [5, 5.41) is 2.92. The molecule has 0 aliphatic heterocycles. The second-order valence-corrected chi connectivity index (χ2v) is 4.48. The first-order valence-electron chi connectivity index (χ1n) is 6.33. The molecule has 0 amide bonds. The van der Waals surface area contributed by atoms with Gasteiger partial charge in [0.25, 0.3) is 0 Å². The zero-order chi connectivity index (χ0) is 14.7. The van der Waals surface area contributed by atoms with E-state index in [1.807, 2.05) is 0 Å². The van der Waals surface area contributed by atoms with Crippen LogP contribution in [0.3, 0.4) is 0 Å². The maximum atomic E-state index is 14.2. The van der Waals surface area contributed by atoms with E-state index in [1.165, 1.54) is 24.4 Å². The van der Waals surface area contributed by atoms with Crippen LogP contribution in [0.1, 0.15) is 29.7 Å². The van der Waals surface area contributed by atoms with E-state index in [0.717, 1.165) is 6.20 Å².